The van der Waals surface area contributed by atoms with Crippen LogP contribution in [0.3, 0.4) is 0 Å². The van der Waals surface area contributed by atoms with Crippen LogP contribution in [0.2, 0.25) is 0 Å². The van der Waals surface area contributed by atoms with Gasteiger partial charge < -0.3 is 9.47 Å². The van der Waals surface area contributed by atoms with Gasteiger partial charge in [0.2, 0.25) is 0 Å². The maximum absolute atomic E-state index is 12.7. The second-order valence-corrected chi connectivity index (χ2v) is 10.5. The lowest BCUT2D eigenvalue weighted by Crippen LogP contribution is -2.11. The van der Waals surface area contributed by atoms with Gasteiger partial charge in [-0.1, -0.05) is 0 Å². The fourth-order valence-corrected chi connectivity index (χ4v) is 5.51. The minimum absolute atomic E-state index is 0.270. The third kappa shape index (κ3) is 4.56. The van der Waals surface area contributed by atoms with Crippen molar-refractivity contribution in [1.29, 1.82) is 0 Å². The van der Waals surface area contributed by atoms with E-state index in [0.717, 1.165) is 17.3 Å². The van der Waals surface area contributed by atoms with Gasteiger partial charge in [0.1, 0.15) is 0 Å². The molecule has 28 heavy (non-hydrogen) atoms. The van der Waals surface area contributed by atoms with E-state index in [4.69, 9.17) is 9.47 Å². The lowest BCUT2D eigenvalue weighted by atomic mass is 9.96. The number of carbonyl (C=O) groups excluding carboxylic acids is 2. The van der Waals surface area contributed by atoms with Crippen LogP contribution < -0.4 is 0 Å². The summed E-state index contributed by atoms with van der Waals surface area (Å²) in [6.45, 7) is 4.07. The van der Waals surface area contributed by atoms with Gasteiger partial charge in [0.15, 0.2) is 0 Å². The SMILES string of the molecule is CCOC(=O)c1cc(-c2ccc(Br)s2)c(C(=O)OCC)cc1-c1ccc(Br)s1. The average Bonchev–Trinajstić information content (AvgIpc) is 3.29. The normalized spacial score (nSPS) is 10.7. The maximum Gasteiger partial charge on any atom is 0.338 e. The zero-order valence-corrected chi connectivity index (χ0v) is 19.9. The van der Waals surface area contributed by atoms with Gasteiger partial charge in [0.25, 0.3) is 0 Å². The van der Waals surface area contributed by atoms with E-state index >= 15 is 0 Å². The summed E-state index contributed by atoms with van der Waals surface area (Å²) in [5.41, 5.74) is 2.14. The molecule has 0 unspecified atom stereocenters. The van der Waals surface area contributed by atoms with Crippen LogP contribution in [-0.4, -0.2) is 25.2 Å². The second-order valence-electron chi connectivity index (χ2n) is 5.59. The molecule has 4 nitrogen and oxygen atoms in total. The molecule has 0 fully saturated rings. The van der Waals surface area contributed by atoms with Gasteiger partial charge in [-0.2, -0.15) is 0 Å². The molecule has 0 atom stereocenters. The summed E-state index contributed by atoms with van der Waals surface area (Å²) in [4.78, 5) is 27.1. The quantitative estimate of drug-likeness (QED) is 0.313. The van der Waals surface area contributed by atoms with Crippen LogP contribution in [0.25, 0.3) is 20.9 Å². The Morgan fingerprint density at radius 2 is 1.18 bits per heavy atom. The van der Waals surface area contributed by atoms with E-state index in [9.17, 15) is 9.59 Å². The van der Waals surface area contributed by atoms with Gasteiger partial charge in [0, 0.05) is 20.9 Å². The van der Waals surface area contributed by atoms with Crippen molar-refractivity contribution in [2.75, 3.05) is 13.2 Å². The summed E-state index contributed by atoms with van der Waals surface area (Å²) in [6.07, 6.45) is 0. The zero-order valence-electron chi connectivity index (χ0n) is 15.1. The molecule has 0 aliphatic carbocycles. The Morgan fingerprint density at radius 3 is 1.46 bits per heavy atom. The second kappa shape index (κ2) is 9.35. The Kier molecular flexibility index (Phi) is 7.09. The lowest BCUT2D eigenvalue weighted by Gasteiger charge is -2.14. The average molecular weight is 544 g/mol. The number of rotatable bonds is 6. The van der Waals surface area contributed by atoms with Gasteiger partial charge in [0.05, 0.1) is 31.9 Å². The van der Waals surface area contributed by atoms with Crippen molar-refractivity contribution < 1.29 is 19.1 Å². The molecule has 0 saturated heterocycles. The van der Waals surface area contributed by atoms with E-state index in [1.165, 1.54) is 22.7 Å². The smallest absolute Gasteiger partial charge is 0.338 e. The Labute approximate surface area is 187 Å². The highest BCUT2D eigenvalue weighted by atomic mass is 79.9. The van der Waals surface area contributed by atoms with Crippen molar-refractivity contribution in [3.05, 3.63) is 55.1 Å². The molecule has 0 bridgehead atoms. The van der Waals surface area contributed by atoms with Gasteiger partial charge in [-0.05, 0) is 82.1 Å². The molecular weight excluding hydrogens is 528 g/mol. The molecule has 0 spiro atoms. The molecule has 2 aromatic heterocycles. The highest BCUT2D eigenvalue weighted by molar-refractivity contribution is 9.11. The van der Waals surface area contributed by atoms with Crippen molar-refractivity contribution in [2.24, 2.45) is 0 Å². The summed E-state index contributed by atoms with van der Waals surface area (Å²) >= 11 is 9.87. The highest BCUT2D eigenvalue weighted by Crippen LogP contribution is 2.40. The van der Waals surface area contributed by atoms with E-state index in [2.05, 4.69) is 31.9 Å². The number of halogens is 2. The van der Waals surface area contributed by atoms with E-state index in [1.54, 1.807) is 26.0 Å². The fraction of sp³-hybridized carbons (Fsp3) is 0.200. The molecule has 0 amide bonds. The molecule has 0 N–H and O–H groups in total. The molecule has 0 aliphatic heterocycles. The number of hydrogen-bond acceptors (Lipinski definition) is 6. The van der Waals surface area contributed by atoms with Gasteiger partial charge in [-0.3, -0.25) is 0 Å². The van der Waals surface area contributed by atoms with Gasteiger partial charge >= 0.3 is 11.9 Å². The van der Waals surface area contributed by atoms with Crippen molar-refractivity contribution in [3.63, 3.8) is 0 Å². The monoisotopic (exact) mass is 542 g/mol. The number of carbonyl (C=O) groups is 2. The van der Waals surface area contributed by atoms with Crippen LogP contribution in [0.1, 0.15) is 34.6 Å². The minimum atomic E-state index is -0.422. The number of thiophene rings is 2. The van der Waals surface area contributed by atoms with Gasteiger partial charge in [-0.15, -0.1) is 22.7 Å². The first-order valence-electron chi connectivity index (χ1n) is 8.48. The molecule has 0 aliphatic rings. The van der Waals surface area contributed by atoms with Crippen LogP contribution in [0.15, 0.2) is 44.0 Å². The molecule has 2 heterocycles. The molecule has 3 aromatic rings. The highest BCUT2D eigenvalue weighted by Gasteiger charge is 2.24. The van der Waals surface area contributed by atoms with E-state index in [1.807, 2.05) is 24.3 Å². The minimum Gasteiger partial charge on any atom is -0.462 e. The van der Waals surface area contributed by atoms with E-state index < -0.39 is 11.9 Å². The molecular formula is C20H16Br2O4S2. The van der Waals surface area contributed by atoms with Crippen molar-refractivity contribution >= 4 is 66.5 Å². The maximum atomic E-state index is 12.7. The van der Waals surface area contributed by atoms with E-state index in [-0.39, 0.29) is 13.2 Å². The van der Waals surface area contributed by atoms with Crippen molar-refractivity contribution in [2.45, 2.75) is 13.8 Å². The molecule has 1 aromatic carbocycles. The predicted molar refractivity (Wildman–Crippen MR) is 120 cm³/mol. The Bertz CT molecular complexity index is 941. The van der Waals surface area contributed by atoms with Crippen LogP contribution in [0.4, 0.5) is 0 Å². The van der Waals surface area contributed by atoms with E-state index in [0.29, 0.717) is 22.3 Å². The Morgan fingerprint density at radius 1 is 0.786 bits per heavy atom. The van der Waals surface area contributed by atoms with Crippen LogP contribution in [0, 0.1) is 0 Å². The first-order chi connectivity index (χ1) is 13.4. The number of benzene rings is 1. The first-order valence-corrected chi connectivity index (χ1v) is 11.7. The molecule has 0 radical (unpaired) electrons. The van der Waals surface area contributed by atoms with Crippen LogP contribution in [0.5, 0.6) is 0 Å². The number of ether oxygens (including phenoxy) is 2. The van der Waals surface area contributed by atoms with Crippen LogP contribution in [-0.2, 0) is 9.47 Å². The number of hydrogen-bond donors (Lipinski definition) is 0. The summed E-state index contributed by atoms with van der Waals surface area (Å²) < 4.78 is 12.4. The standard InChI is InChI=1S/C20H16Br2O4S2/c1-3-25-19(23)13-9-12(16-6-8-18(22)28-16)14(20(24)26-4-2)10-11(13)15-5-7-17(21)27-15/h5-10H,3-4H2,1-2H3. The van der Waals surface area contributed by atoms with Crippen molar-refractivity contribution in [3.8, 4) is 20.9 Å². The zero-order chi connectivity index (χ0) is 20.3. The molecule has 146 valence electrons. The first kappa shape index (κ1) is 21.2. The summed E-state index contributed by atoms with van der Waals surface area (Å²) in [5, 5.41) is 0. The Balaban J connectivity index is 2.27. The third-order valence-corrected chi connectivity index (χ3v) is 7.14. The Hall–Kier alpha value is -1.48. The lowest BCUT2D eigenvalue weighted by molar-refractivity contribution is 0.0513. The van der Waals surface area contributed by atoms with Crippen LogP contribution >= 0.6 is 54.5 Å². The molecule has 0 saturated carbocycles. The van der Waals surface area contributed by atoms with Gasteiger partial charge in [-0.25, -0.2) is 9.59 Å². The summed E-state index contributed by atoms with van der Waals surface area (Å²) in [5.74, 6) is -0.844. The molecule has 3 rings (SSSR count). The van der Waals surface area contributed by atoms with Crippen molar-refractivity contribution in [1.82, 2.24) is 0 Å². The molecule has 8 heteroatoms. The fourth-order valence-electron chi connectivity index (χ4n) is 2.68. The summed E-state index contributed by atoms with van der Waals surface area (Å²) in [6, 6.07) is 11.1. The topological polar surface area (TPSA) is 52.6 Å². The predicted octanol–water partition coefficient (Wildman–Crippen LogP) is 7.02. The summed E-state index contributed by atoms with van der Waals surface area (Å²) in [7, 11) is 0. The number of esters is 2. The largest absolute Gasteiger partial charge is 0.462 e. The third-order valence-electron chi connectivity index (χ3n) is 3.83.